The van der Waals surface area contributed by atoms with E-state index in [-0.39, 0.29) is 5.56 Å². The Labute approximate surface area is 105 Å². The molecule has 0 bridgehead atoms. The normalized spacial score (nSPS) is 10.5. The van der Waals surface area contributed by atoms with Crippen LogP contribution in [0.25, 0.3) is 0 Å². The van der Waals surface area contributed by atoms with Gasteiger partial charge in [-0.05, 0) is 37.5 Å². The summed E-state index contributed by atoms with van der Waals surface area (Å²) in [5.74, 6) is -0.941. The number of nitrogens with zero attached hydrogens (tertiary/aromatic N) is 1. The van der Waals surface area contributed by atoms with Crippen molar-refractivity contribution in [3.63, 3.8) is 0 Å². The van der Waals surface area contributed by atoms with Crippen LogP contribution >= 0.6 is 0 Å². The van der Waals surface area contributed by atoms with Crippen molar-refractivity contribution in [3.8, 4) is 0 Å². The summed E-state index contributed by atoms with van der Waals surface area (Å²) in [5.41, 5.74) is 8.93. The Hall–Kier alpha value is -2.30. The van der Waals surface area contributed by atoms with E-state index in [2.05, 4.69) is 10.2 Å². The van der Waals surface area contributed by atoms with Gasteiger partial charge in [0.2, 0.25) is 0 Å². The van der Waals surface area contributed by atoms with Crippen LogP contribution in [-0.4, -0.2) is 21.3 Å². The highest BCUT2D eigenvalue weighted by Gasteiger charge is 2.16. The van der Waals surface area contributed by atoms with Gasteiger partial charge in [0, 0.05) is 11.4 Å². The van der Waals surface area contributed by atoms with Gasteiger partial charge in [-0.3, -0.25) is 5.10 Å². The molecule has 4 N–H and O–H groups in total. The van der Waals surface area contributed by atoms with Gasteiger partial charge >= 0.3 is 5.97 Å². The van der Waals surface area contributed by atoms with E-state index in [1.54, 1.807) is 6.92 Å². The second-order valence-electron chi connectivity index (χ2n) is 4.22. The molecule has 5 heteroatoms. The van der Waals surface area contributed by atoms with Crippen LogP contribution in [0.4, 0.5) is 5.69 Å². The number of carboxylic acid groups (broad SMARTS) is 1. The van der Waals surface area contributed by atoms with E-state index >= 15 is 0 Å². The zero-order valence-corrected chi connectivity index (χ0v) is 10.1. The number of rotatable bonds is 4. The van der Waals surface area contributed by atoms with Gasteiger partial charge in [-0.2, -0.15) is 5.10 Å². The van der Waals surface area contributed by atoms with Gasteiger partial charge in [-0.1, -0.05) is 12.1 Å². The van der Waals surface area contributed by atoms with E-state index in [4.69, 9.17) is 10.8 Å². The number of nitrogen functional groups attached to an aromatic ring is 1. The highest BCUT2D eigenvalue weighted by molar-refractivity contribution is 5.90. The molecule has 0 radical (unpaired) electrons. The van der Waals surface area contributed by atoms with Crippen LogP contribution in [0, 0.1) is 6.92 Å². The molecule has 0 unspecified atom stereocenters. The summed E-state index contributed by atoms with van der Waals surface area (Å²) in [7, 11) is 0. The summed E-state index contributed by atoms with van der Waals surface area (Å²) in [6.45, 7) is 1.71. The van der Waals surface area contributed by atoms with Crippen LogP contribution in [0.3, 0.4) is 0 Å². The minimum atomic E-state index is -0.941. The molecule has 18 heavy (non-hydrogen) atoms. The number of aromatic carboxylic acids is 1. The van der Waals surface area contributed by atoms with Gasteiger partial charge in [-0.15, -0.1) is 0 Å². The van der Waals surface area contributed by atoms with Gasteiger partial charge in [-0.25, -0.2) is 4.79 Å². The fourth-order valence-electron chi connectivity index (χ4n) is 1.96. The van der Waals surface area contributed by atoms with E-state index in [9.17, 15) is 4.79 Å². The van der Waals surface area contributed by atoms with Gasteiger partial charge in [0.25, 0.3) is 0 Å². The lowest BCUT2D eigenvalue weighted by Crippen LogP contribution is -2.03. The standard InChI is InChI=1S/C13H15N3O2/c1-8-12(13(17)18)11(16-15-8)6-5-9-3-2-4-10(14)7-9/h2-4,7H,5-6,14H2,1H3,(H,15,16)(H,17,18). The number of hydrogen-bond donors (Lipinski definition) is 3. The van der Waals surface area contributed by atoms with Crippen LogP contribution in [0.15, 0.2) is 24.3 Å². The molecule has 2 rings (SSSR count). The maximum absolute atomic E-state index is 11.1. The molecule has 0 aliphatic rings. The monoisotopic (exact) mass is 245 g/mol. The molecule has 0 aliphatic carbocycles. The molecule has 0 saturated heterocycles. The minimum Gasteiger partial charge on any atom is -0.478 e. The molecule has 0 amide bonds. The Kier molecular flexibility index (Phi) is 3.32. The van der Waals surface area contributed by atoms with Crippen LogP contribution in [-0.2, 0) is 12.8 Å². The first-order valence-corrected chi connectivity index (χ1v) is 5.69. The third-order valence-corrected chi connectivity index (χ3v) is 2.84. The number of nitrogens with two attached hydrogens (primary N) is 1. The Balaban J connectivity index is 2.13. The summed E-state index contributed by atoms with van der Waals surface area (Å²) in [5, 5.41) is 15.8. The zero-order valence-electron chi connectivity index (χ0n) is 10.1. The molecule has 0 aliphatic heterocycles. The van der Waals surface area contributed by atoms with Crippen LogP contribution in [0.2, 0.25) is 0 Å². The van der Waals surface area contributed by atoms with E-state index in [0.29, 0.717) is 23.5 Å². The molecule has 0 spiro atoms. The third-order valence-electron chi connectivity index (χ3n) is 2.84. The average Bonchev–Trinajstić information content (AvgIpc) is 2.68. The number of carboxylic acids is 1. The van der Waals surface area contributed by atoms with Crippen molar-refractivity contribution in [3.05, 3.63) is 46.8 Å². The van der Waals surface area contributed by atoms with E-state index in [1.165, 1.54) is 0 Å². The van der Waals surface area contributed by atoms with E-state index in [1.807, 2.05) is 24.3 Å². The molecule has 0 saturated carbocycles. The van der Waals surface area contributed by atoms with Crippen molar-refractivity contribution < 1.29 is 9.90 Å². The first-order chi connectivity index (χ1) is 8.58. The van der Waals surface area contributed by atoms with E-state index in [0.717, 1.165) is 12.0 Å². The highest BCUT2D eigenvalue weighted by atomic mass is 16.4. The van der Waals surface area contributed by atoms with Gasteiger partial charge < -0.3 is 10.8 Å². The molecule has 1 aromatic heterocycles. The Morgan fingerprint density at radius 2 is 2.22 bits per heavy atom. The minimum absolute atomic E-state index is 0.277. The smallest absolute Gasteiger partial charge is 0.339 e. The van der Waals surface area contributed by atoms with Gasteiger partial charge in [0.05, 0.1) is 5.69 Å². The number of carbonyl (C=O) groups is 1. The molecule has 2 aromatic rings. The number of aromatic nitrogens is 2. The maximum Gasteiger partial charge on any atom is 0.339 e. The van der Waals surface area contributed by atoms with Gasteiger partial charge in [0.1, 0.15) is 5.56 Å². The van der Waals surface area contributed by atoms with Crippen LogP contribution < -0.4 is 5.73 Å². The number of anilines is 1. The first-order valence-electron chi connectivity index (χ1n) is 5.69. The van der Waals surface area contributed by atoms with Crippen molar-refractivity contribution in [2.24, 2.45) is 0 Å². The number of hydrogen-bond acceptors (Lipinski definition) is 3. The summed E-state index contributed by atoms with van der Waals surface area (Å²) in [4.78, 5) is 11.1. The van der Waals surface area contributed by atoms with Crippen molar-refractivity contribution in [2.45, 2.75) is 19.8 Å². The van der Waals surface area contributed by atoms with Gasteiger partial charge in [0.15, 0.2) is 0 Å². The predicted molar refractivity (Wildman–Crippen MR) is 68.5 cm³/mol. The largest absolute Gasteiger partial charge is 0.478 e. The van der Waals surface area contributed by atoms with Crippen LogP contribution in [0.1, 0.15) is 27.3 Å². The fourth-order valence-corrected chi connectivity index (χ4v) is 1.96. The number of aromatic amines is 1. The lowest BCUT2D eigenvalue weighted by Gasteiger charge is -2.02. The lowest BCUT2D eigenvalue weighted by atomic mass is 10.0. The molecule has 1 heterocycles. The van der Waals surface area contributed by atoms with E-state index < -0.39 is 5.97 Å². The topological polar surface area (TPSA) is 92.0 Å². The number of H-pyrrole nitrogens is 1. The predicted octanol–water partition coefficient (Wildman–Crippen LogP) is 1.78. The molecule has 94 valence electrons. The fraction of sp³-hybridized carbons (Fsp3) is 0.231. The van der Waals surface area contributed by atoms with Crippen molar-refractivity contribution >= 4 is 11.7 Å². The quantitative estimate of drug-likeness (QED) is 0.716. The molecule has 5 nitrogen and oxygen atoms in total. The second-order valence-corrected chi connectivity index (χ2v) is 4.22. The SMILES string of the molecule is Cc1[nH]nc(CCc2cccc(N)c2)c1C(=O)O. The lowest BCUT2D eigenvalue weighted by molar-refractivity contribution is 0.0695. The third kappa shape index (κ3) is 2.51. The molecule has 0 atom stereocenters. The Morgan fingerprint density at radius 3 is 2.89 bits per heavy atom. The summed E-state index contributed by atoms with van der Waals surface area (Å²) in [6.07, 6.45) is 1.30. The molecule has 1 aromatic carbocycles. The molecular formula is C13H15N3O2. The number of nitrogens with one attached hydrogen (secondary N) is 1. The van der Waals surface area contributed by atoms with Crippen molar-refractivity contribution in [2.75, 3.05) is 5.73 Å². The number of benzene rings is 1. The molecule has 0 fully saturated rings. The molecular weight excluding hydrogens is 230 g/mol. The average molecular weight is 245 g/mol. The Morgan fingerprint density at radius 1 is 1.44 bits per heavy atom. The highest BCUT2D eigenvalue weighted by Crippen LogP contribution is 2.14. The summed E-state index contributed by atoms with van der Waals surface area (Å²) < 4.78 is 0. The Bertz CT molecular complexity index is 575. The van der Waals surface area contributed by atoms with Crippen LogP contribution in [0.5, 0.6) is 0 Å². The number of aryl methyl sites for hydroxylation is 3. The first kappa shape index (κ1) is 12.2. The maximum atomic E-state index is 11.1. The second kappa shape index (κ2) is 4.91. The summed E-state index contributed by atoms with van der Waals surface area (Å²) >= 11 is 0. The zero-order chi connectivity index (χ0) is 13.1. The van der Waals surface area contributed by atoms with Crippen molar-refractivity contribution in [1.82, 2.24) is 10.2 Å². The summed E-state index contributed by atoms with van der Waals surface area (Å²) in [6, 6.07) is 7.57. The van der Waals surface area contributed by atoms with Crippen molar-refractivity contribution in [1.29, 1.82) is 0 Å².